The van der Waals surface area contributed by atoms with Gasteiger partial charge in [-0.2, -0.15) is 23.5 Å². The number of halogens is 3. The third-order valence-corrected chi connectivity index (χ3v) is 8.02. The zero-order chi connectivity index (χ0) is 27.0. The first kappa shape index (κ1) is 25.4. The fraction of sp³-hybridized carbons (Fsp3) is 0.385. The second-order valence-electron chi connectivity index (χ2n) is 9.72. The molecule has 3 aromatic heterocycles. The van der Waals surface area contributed by atoms with Crippen LogP contribution in [0.3, 0.4) is 0 Å². The number of rotatable bonds is 7. The predicted molar refractivity (Wildman–Crippen MR) is 143 cm³/mol. The van der Waals surface area contributed by atoms with Crippen LogP contribution in [0, 0.1) is 11.3 Å². The lowest BCUT2D eigenvalue weighted by atomic mass is 10.0. The van der Waals surface area contributed by atoms with E-state index in [1.807, 2.05) is 16.7 Å². The minimum atomic E-state index is -4.25. The summed E-state index contributed by atoms with van der Waals surface area (Å²) in [7, 11) is 0. The summed E-state index contributed by atoms with van der Waals surface area (Å²) >= 11 is 1.06. The first-order valence-corrected chi connectivity index (χ1v) is 13.4. The predicted octanol–water partition coefficient (Wildman–Crippen LogP) is 5.52. The Bertz CT molecular complexity index is 1620. The molecular formula is C26H24F3N9S. The number of fused-ring (bicyclic) bond motifs is 2. The Morgan fingerprint density at radius 2 is 1.95 bits per heavy atom. The van der Waals surface area contributed by atoms with Gasteiger partial charge in [0.05, 0.1) is 18.4 Å². The number of piperidine rings is 1. The molecule has 5 heterocycles. The normalized spacial score (nSPS) is 16.7. The molecule has 0 bridgehead atoms. The van der Waals surface area contributed by atoms with E-state index in [9.17, 15) is 18.4 Å². The Labute approximate surface area is 225 Å². The number of amidine groups is 1. The van der Waals surface area contributed by atoms with Crippen LogP contribution in [-0.2, 0) is 19.5 Å². The van der Waals surface area contributed by atoms with Crippen molar-refractivity contribution in [1.29, 1.82) is 5.26 Å². The second kappa shape index (κ2) is 10.3. The van der Waals surface area contributed by atoms with Crippen LogP contribution < -0.4 is 5.32 Å². The van der Waals surface area contributed by atoms with Crippen molar-refractivity contribution in [1.82, 2.24) is 19.4 Å². The Morgan fingerprint density at radius 3 is 2.69 bits per heavy atom. The minimum Gasteiger partial charge on any atom is -0.367 e. The highest BCUT2D eigenvalue weighted by atomic mass is 32.1. The molecule has 1 N–H and O–H groups in total. The summed E-state index contributed by atoms with van der Waals surface area (Å²) in [5, 5.41) is 22.6. The number of nitriles is 1. The molecule has 2 aliphatic rings. The maximum absolute atomic E-state index is 12.8. The monoisotopic (exact) mass is 551 g/mol. The van der Waals surface area contributed by atoms with E-state index < -0.39 is 12.6 Å². The van der Waals surface area contributed by atoms with Gasteiger partial charge in [-0.1, -0.05) is 6.07 Å². The molecule has 13 heteroatoms. The molecule has 1 fully saturated rings. The average molecular weight is 552 g/mol. The van der Waals surface area contributed by atoms with Crippen molar-refractivity contribution in [3.8, 4) is 6.07 Å². The van der Waals surface area contributed by atoms with Crippen LogP contribution in [0.4, 0.5) is 19.0 Å². The summed E-state index contributed by atoms with van der Waals surface area (Å²) in [6, 6.07) is 12.2. The SMILES string of the molecule is N#Cc1cc2cc(CN3CCC(Nc4ncnc5sc(CC(F)(F)F)cc45)CC3)ccc2n1CC1=NCN=N1. The molecule has 0 unspecified atom stereocenters. The van der Waals surface area contributed by atoms with Gasteiger partial charge in [-0.25, -0.2) is 15.0 Å². The van der Waals surface area contributed by atoms with Crippen LogP contribution in [-0.4, -0.2) is 57.2 Å². The van der Waals surface area contributed by atoms with Crippen molar-refractivity contribution < 1.29 is 13.2 Å². The first-order chi connectivity index (χ1) is 18.8. The maximum Gasteiger partial charge on any atom is 0.393 e. The molecule has 39 heavy (non-hydrogen) atoms. The standard InChI is InChI=1S/C26H24F3N9S/c27-26(28,29)10-20-9-21-24(32-14-33-25(21)39-20)35-18-3-5-37(6-4-18)12-16-1-2-22-17(7-16)8-19(11-30)38(22)13-23-31-15-34-36-23/h1-2,7-9,14,18H,3-6,10,12-13,15H2,(H,32,33,35). The number of hydrogen-bond acceptors (Lipinski definition) is 9. The quantitative estimate of drug-likeness (QED) is 0.326. The zero-order valence-electron chi connectivity index (χ0n) is 20.8. The van der Waals surface area contributed by atoms with Crippen molar-refractivity contribution in [3.05, 3.63) is 52.8 Å². The number of anilines is 1. The van der Waals surface area contributed by atoms with Crippen LogP contribution in [0.1, 0.15) is 29.0 Å². The van der Waals surface area contributed by atoms with E-state index in [0.29, 0.717) is 40.8 Å². The number of benzene rings is 1. The number of thiophene rings is 1. The molecule has 0 aliphatic carbocycles. The molecule has 1 aromatic carbocycles. The third-order valence-electron chi connectivity index (χ3n) is 6.97. The highest BCUT2D eigenvalue weighted by Crippen LogP contribution is 2.33. The van der Waals surface area contributed by atoms with Gasteiger partial charge in [-0.15, -0.1) is 16.5 Å². The number of aliphatic imine (C=N–C) groups is 1. The fourth-order valence-electron chi connectivity index (χ4n) is 5.15. The second-order valence-corrected chi connectivity index (χ2v) is 10.8. The van der Waals surface area contributed by atoms with Gasteiger partial charge in [0.25, 0.3) is 0 Å². The number of azo groups is 1. The molecule has 9 nitrogen and oxygen atoms in total. The molecule has 1 saturated heterocycles. The van der Waals surface area contributed by atoms with Crippen molar-refractivity contribution >= 4 is 44.1 Å². The van der Waals surface area contributed by atoms with Crippen molar-refractivity contribution in [2.45, 2.75) is 44.6 Å². The number of likely N-dealkylation sites (tertiary alicyclic amines) is 1. The van der Waals surface area contributed by atoms with Gasteiger partial charge in [0, 0.05) is 41.5 Å². The maximum atomic E-state index is 12.8. The molecule has 0 amide bonds. The molecule has 0 spiro atoms. The third kappa shape index (κ3) is 5.62. The van der Waals surface area contributed by atoms with E-state index in [-0.39, 0.29) is 10.9 Å². The first-order valence-electron chi connectivity index (χ1n) is 12.6. The van der Waals surface area contributed by atoms with Crippen LogP contribution >= 0.6 is 11.3 Å². The zero-order valence-corrected chi connectivity index (χ0v) is 21.6. The number of alkyl halides is 3. The average Bonchev–Trinajstić information content (AvgIpc) is 3.64. The van der Waals surface area contributed by atoms with Gasteiger partial charge in [0.15, 0.2) is 12.5 Å². The summed E-state index contributed by atoms with van der Waals surface area (Å²) in [5.41, 5.74) is 2.70. The molecule has 2 aliphatic heterocycles. The Hall–Kier alpha value is -3.89. The Morgan fingerprint density at radius 1 is 1.10 bits per heavy atom. The van der Waals surface area contributed by atoms with E-state index >= 15 is 0 Å². The molecule has 4 aromatic rings. The lowest BCUT2D eigenvalue weighted by Gasteiger charge is -2.32. The van der Waals surface area contributed by atoms with Gasteiger partial charge in [-0.3, -0.25) is 4.90 Å². The summed E-state index contributed by atoms with van der Waals surface area (Å²) in [6.07, 6.45) is -2.03. The Balaban J connectivity index is 1.09. The van der Waals surface area contributed by atoms with E-state index in [2.05, 4.69) is 53.6 Å². The van der Waals surface area contributed by atoms with Gasteiger partial charge in [-0.05, 0) is 42.7 Å². The van der Waals surface area contributed by atoms with Crippen LogP contribution in [0.25, 0.3) is 21.1 Å². The van der Waals surface area contributed by atoms with Gasteiger partial charge >= 0.3 is 6.18 Å². The Kier molecular flexibility index (Phi) is 6.74. The summed E-state index contributed by atoms with van der Waals surface area (Å²) < 4.78 is 40.5. The van der Waals surface area contributed by atoms with Crippen molar-refractivity contribution in [2.75, 3.05) is 25.1 Å². The van der Waals surface area contributed by atoms with E-state index in [1.165, 1.54) is 11.9 Å². The summed E-state index contributed by atoms with van der Waals surface area (Å²) in [4.78, 5) is 15.9. The van der Waals surface area contributed by atoms with Gasteiger partial charge in [0.2, 0.25) is 0 Å². The van der Waals surface area contributed by atoms with Crippen molar-refractivity contribution in [3.63, 3.8) is 0 Å². The van der Waals surface area contributed by atoms with Crippen LogP contribution in [0.5, 0.6) is 0 Å². The number of hydrogen-bond donors (Lipinski definition) is 1. The van der Waals surface area contributed by atoms with Crippen molar-refractivity contribution in [2.24, 2.45) is 15.2 Å². The van der Waals surface area contributed by atoms with E-state index in [1.54, 1.807) is 6.07 Å². The molecule has 6 rings (SSSR count). The summed E-state index contributed by atoms with van der Waals surface area (Å²) in [5.74, 6) is 1.21. The number of nitrogens with one attached hydrogen (secondary N) is 1. The number of nitrogens with zero attached hydrogens (tertiary/aromatic N) is 8. The molecular weight excluding hydrogens is 527 g/mol. The lowest BCUT2D eigenvalue weighted by molar-refractivity contribution is -0.126. The highest BCUT2D eigenvalue weighted by molar-refractivity contribution is 7.18. The molecule has 0 atom stereocenters. The van der Waals surface area contributed by atoms with Gasteiger partial charge < -0.3 is 9.88 Å². The topological polar surface area (TPSA) is 107 Å². The van der Waals surface area contributed by atoms with Gasteiger partial charge in [0.1, 0.15) is 28.7 Å². The summed E-state index contributed by atoms with van der Waals surface area (Å²) in [6.45, 7) is 3.31. The minimum absolute atomic E-state index is 0.177. The lowest BCUT2D eigenvalue weighted by Crippen LogP contribution is -2.38. The molecule has 200 valence electrons. The largest absolute Gasteiger partial charge is 0.393 e. The number of aromatic nitrogens is 3. The highest BCUT2D eigenvalue weighted by Gasteiger charge is 2.29. The van der Waals surface area contributed by atoms with Crippen LogP contribution in [0.2, 0.25) is 0 Å². The van der Waals surface area contributed by atoms with E-state index in [4.69, 9.17) is 0 Å². The smallest absolute Gasteiger partial charge is 0.367 e. The van der Waals surface area contributed by atoms with Crippen LogP contribution in [0.15, 0.2) is 51.9 Å². The van der Waals surface area contributed by atoms with E-state index in [0.717, 1.165) is 54.7 Å². The molecule has 0 saturated carbocycles. The fourth-order valence-corrected chi connectivity index (χ4v) is 6.18. The molecule has 0 radical (unpaired) electrons.